The van der Waals surface area contributed by atoms with Gasteiger partial charge in [-0.25, -0.2) is 4.39 Å². The second-order valence-electron chi connectivity index (χ2n) is 5.07. The summed E-state index contributed by atoms with van der Waals surface area (Å²) in [5, 5.41) is 0. The smallest absolute Gasteiger partial charge is 0.157 e. The fourth-order valence-electron chi connectivity index (χ4n) is 2.09. The molecule has 0 radical (unpaired) electrons. The fourth-order valence-corrected chi connectivity index (χ4v) is 2.38. The van der Waals surface area contributed by atoms with Crippen molar-refractivity contribution in [1.82, 2.24) is 0 Å². The molecule has 2 unspecified atom stereocenters. The molecule has 0 bridgehead atoms. The van der Waals surface area contributed by atoms with E-state index in [1.165, 1.54) is 31.8 Å². The van der Waals surface area contributed by atoms with Crippen LogP contribution >= 0.6 is 9.24 Å². The lowest BCUT2D eigenvalue weighted by atomic mass is 9.89. The van der Waals surface area contributed by atoms with Gasteiger partial charge in [-0.05, 0) is 24.2 Å². The molecule has 110 valence electrons. The van der Waals surface area contributed by atoms with E-state index in [1.54, 1.807) is 12.2 Å². The summed E-state index contributed by atoms with van der Waals surface area (Å²) in [5.41, 5.74) is -0.564. The van der Waals surface area contributed by atoms with Crippen molar-refractivity contribution in [3.63, 3.8) is 0 Å². The molecule has 0 nitrogen and oxygen atoms in total. The molecule has 1 aromatic rings. The molecule has 0 spiro atoms. The number of hydrogen-bond donors (Lipinski definition) is 0. The van der Waals surface area contributed by atoms with E-state index < -0.39 is 5.67 Å². The first-order chi connectivity index (χ1) is 9.73. The van der Waals surface area contributed by atoms with Crippen LogP contribution in [0.4, 0.5) is 4.39 Å². The largest absolute Gasteiger partial charge is 0.234 e. The van der Waals surface area contributed by atoms with Gasteiger partial charge in [-0.1, -0.05) is 74.7 Å². The molecule has 0 saturated carbocycles. The average molecular weight is 292 g/mol. The third-order valence-electron chi connectivity index (χ3n) is 3.33. The average Bonchev–Trinajstić information content (AvgIpc) is 2.50. The Balaban J connectivity index is 0.000000246. The van der Waals surface area contributed by atoms with Gasteiger partial charge < -0.3 is 0 Å². The van der Waals surface area contributed by atoms with Gasteiger partial charge in [-0.15, -0.1) is 9.24 Å². The van der Waals surface area contributed by atoms with E-state index in [4.69, 9.17) is 0 Å². The lowest BCUT2D eigenvalue weighted by molar-refractivity contribution is 0.236. The van der Waals surface area contributed by atoms with Crippen molar-refractivity contribution in [2.45, 2.75) is 44.7 Å². The minimum atomic E-state index is -1.30. The predicted molar refractivity (Wildman–Crippen MR) is 90.8 cm³/mol. The van der Waals surface area contributed by atoms with Gasteiger partial charge in [0.05, 0.1) is 0 Å². The Morgan fingerprint density at radius 3 is 2.40 bits per heavy atom. The molecule has 0 aromatic heterocycles. The van der Waals surface area contributed by atoms with Crippen molar-refractivity contribution in [3.05, 3.63) is 60.2 Å². The first kappa shape index (κ1) is 17.1. The van der Waals surface area contributed by atoms with E-state index in [2.05, 4.69) is 16.2 Å². The van der Waals surface area contributed by atoms with Crippen LogP contribution < -0.4 is 0 Å². The van der Waals surface area contributed by atoms with Crippen molar-refractivity contribution in [2.75, 3.05) is 6.16 Å². The van der Waals surface area contributed by atoms with Crippen molar-refractivity contribution >= 4 is 9.24 Å². The molecule has 2 rings (SSSR count). The molecule has 0 N–H and O–H groups in total. The summed E-state index contributed by atoms with van der Waals surface area (Å²) in [6.45, 7) is 2.24. The van der Waals surface area contributed by atoms with Gasteiger partial charge >= 0.3 is 0 Å². The standard InChI is InChI=1S/C12H11F.C6H15P/c13-12(9-5-2-6-10-12)11-7-3-1-4-8-11;1-2-3-4-5-6-7/h1-9H,10H2;2-7H2,1H3. The number of halogens is 1. The molecule has 0 heterocycles. The van der Waals surface area contributed by atoms with Gasteiger partial charge in [0.2, 0.25) is 0 Å². The molecule has 20 heavy (non-hydrogen) atoms. The second-order valence-corrected chi connectivity index (χ2v) is 5.65. The van der Waals surface area contributed by atoms with Crippen molar-refractivity contribution in [2.24, 2.45) is 0 Å². The maximum absolute atomic E-state index is 14.2. The topological polar surface area (TPSA) is 0 Å². The van der Waals surface area contributed by atoms with Crippen LogP contribution in [0.15, 0.2) is 54.6 Å². The first-order valence-corrected chi connectivity index (χ1v) is 8.33. The van der Waals surface area contributed by atoms with Crippen LogP contribution in [-0.2, 0) is 5.67 Å². The van der Waals surface area contributed by atoms with E-state index in [0.717, 1.165) is 5.56 Å². The molecule has 0 amide bonds. The number of rotatable bonds is 5. The Morgan fingerprint density at radius 2 is 1.85 bits per heavy atom. The van der Waals surface area contributed by atoms with E-state index in [0.29, 0.717) is 6.42 Å². The van der Waals surface area contributed by atoms with Gasteiger partial charge in [0.25, 0.3) is 0 Å². The minimum Gasteiger partial charge on any atom is -0.234 e. The Bertz CT molecular complexity index is 407. The zero-order valence-electron chi connectivity index (χ0n) is 12.4. The third kappa shape index (κ3) is 6.01. The maximum Gasteiger partial charge on any atom is 0.157 e. The van der Waals surface area contributed by atoms with E-state index in [-0.39, 0.29) is 0 Å². The Hall–Kier alpha value is -0.940. The SMILES string of the molecule is CCCCCCP.FC1(c2ccccc2)C=CC=CC1. The summed E-state index contributed by atoms with van der Waals surface area (Å²) in [6.07, 6.45) is 14.4. The molecule has 1 aromatic carbocycles. The van der Waals surface area contributed by atoms with Gasteiger partial charge in [0.1, 0.15) is 0 Å². The number of alkyl halides is 1. The number of hydrogen-bond acceptors (Lipinski definition) is 0. The van der Waals surface area contributed by atoms with E-state index in [9.17, 15) is 4.39 Å². The van der Waals surface area contributed by atoms with Crippen LogP contribution in [0.25, 0.3) is 0 Å². The van der Waals surface area contributed by atoms with Crippen LogP contribution in [0.1, 0.15) is 44.6 Å². The molecule has 1 aliphatic carbocycles. The molecular formula is C18H26FP. The maximum atomic E-state index is 14.2. The first-order valence-electron chi connectivity index (χ1n) is 7.52. The van der Waals surface area contributed by atoms with Crippen LogP contribution in [0.3, 0.4) is 0 Å². The molecule has 0 aliphatic heterocycles. The highest BCUT2D eigenvalue weighted by Crippen LogP contribution is 2.33. The minimum absolute atomic E-state index is 0.438. The molecular weight excluding hydrogens is 266 g/mol. The highest BCUT2D eigenvalue weighted by Gasteiger charge is 2.27. The van der Waals surface area contributed by atoms with Crippen LogP contribution in [0.5, 0.6) is 0 Å². The summed E-state index contributed by atoms with van der Waals surface area (Å²) in [5.74, 6) is 0. The second kappa shape index (κ2) is 9.88. The lowest BCUT2D eigenvalue weighted by Gasteiger charge is -2.22. The van der Waals surface area contributed by atoms with Gasteiger partial charge in [-0.3, -0.25) is 0 Å². The predicted octanol–water partition coefficient (Wildman–Crippen LogP) is 5.81. The Kier molecular flexibility index (Phi) is 8.46. The monoisotopic (exact) mass is 292 g/mol. The van der Waals surface area contributed by atoms with E-state index >= 15 is 0 Å². The molecule has 2 heteroatoms. The molecule has 0 saturated heterocycles. The number of benzene rings is 1. The Labute approximate surface area is 125 Å². The highest BCUT2D eigenvalue weighted by atomic mass is 31.0. The fraction of sp³-hybridized carbons (Fsp3) is 0.444. The normalized spacial score (nSPS) is 20.4. The zero-order valence-corrected chi connectivity index (χ0v) is 13.5. The lowest BCUT2D eigenvalue weighted by Crippen LogP contribution is -2.17. The highest BCUT2D eigenvalue weighted by molar-refractivity contribution is 7.16. The van der Waals surface area contributed by atoms with Gasteiger partial charge in [0.15, 0.2) is 5.67 Å². The molecule has 1 aliphatic rings. The summed E-state index contributed by atoms with van der Waals surface area (Å²) < 4.78 is 14.2. The van der Waals surface area contributed by atoms with Crippen LogP contribution in [-0.4, -0.2) is 6.16 Å². The van der Waals surface area contributed by atoms with Crippen molar-refractivity contribution in [1.29, 1.82) is 0 Å². The number of unbranched alkanes of at least 4 members (excludes halogenated alkanes) is 3. The molecule has 0 fully saturated rings. The zero-order chi connectivity index (χ0) is 14.7. The van der Waals surface area contributed by atoms with Crippen LogP contribution in [0.2, 0.25) is 0 Å². The summed E-state index contributed by atoms with van der Waals surface area (Å²) in [6, 6.07) is 9.27. The third-order valence-corrected chi connectivity index (χ3v) is 3.74. The van der Waals surface area contributed by atoms with Gasteiger partial charge in [-0.2, -0.15) is 0 Å². The summed E-state index contributed by atoms with van der Waals surface area (Å²) in [4.78, 5) is 0. The van der Waals surface area contributed by atoms with Crippen molar-refractivity contribution in [3.8, 4) is 0 Å². The van der Waals surface area contributed by atoms with Crippen molar-refractivity contribution < 1.29 is 4.39 Å². The molecule has 2 atom stereocenters. The quantitative estimate of drug-likeness (QED) is 0.474. The number of allylic oxidation sites excluding steroid dienone is 4. The summed E-state index contributed by atoms with van der Waals surface area (Å²) >= 11 is 0. The Morgan fingerprint density at radius 1 is 1.10 bits per heavy atom. The van der Waals surface area contributed by atoms with E-state index in [1.807, 2.05) is 42.5 Å². The van der Waals surface area contributed by atoms with Gasteiger partial charge in [0, 0.05) is 6.42 Å². The summed E-state index contributed by atoms with van der Waals surface area (Å²) in [7, 11) is 2.75. The van der Waals surface area contributed by atoms with Crippen LogP contribution in [0, 0.1) is 0 Å².